The Morgan fingerprint density at radius 3 is 2.50 bits per heavy atom. The molecule has 3 N–H and O–H groups in total. The van der Waals surface area contributed by atoms with E-state index in [1.165, 1.54) is 5.56 Å². The highest BCUT2D eigenvalue weighted by Gasteiger charge is 2.09. The molecule has 94 valence electrons. The summed E-state index contributed by atoms with van der Waals surface area (Å²) in [6, 6.07) is 16.2. The van der Waals surface area contributed by atoms with E-state index in [1.807, 2.05) is 43.3 Å². The van der Waals surface area contributed by atoms with Crippen LogP contribution in [0.25, 0.3) is 0 Å². The number of benzene rings is 2. The highest BCUT2D eigenvalue weighted by Crippen LogP contribution is 2.23. The van der Waals surface area contributed by atoms with Crippen LogP contribution in [0.5, 0.6) is 0 Å². The Morgan fingerprint density at radius 1 is 1.17 bits per heavy atom. The molecule has 0 saturated carbocycles. The minimum absolute atomic E-state index is 0.102. The summed E-state index contributed by atoms with van der Waals surface area (Å²) in [4.78, 5) is 0. The molecule has 0 spiro atoms. The summed E-state index contributed by atoms with van der Waals surface area (Å²) >= 11 is 6.12. The van der Waals surface area contributed by atoms with E-state index in [9.17, 15) is 0 Å². The monoisotopic (exact) mass is 260 g/mol. The normalized spacial score (nSPS) is 12.2. The van der Waals surface area contributed by atoms with E-state index >= 15 is 0 Å². The van der Waals surface area contributed by atoms with Crippen molar-refractivity contribution in [3.05, 3.63) is 64.7 Å². The molecule has 2 aromatic carbocycles. The van der Waals surface area contributed by atoms with Gasteiger partial charge in [-0.05, 0) is 30.2 Å². The van der Waals surface area contributed by atoms with Gasteiger partial charge < -0.3 is 11.1 Å². The van der Waals surface area contributed by atoms with E-state index in [2.05, 4.69) is 17.4 Å². The van der Waals surface area contributed by atoms with Gasteiger partial charge in [-0.3, -0.25) is 0 Å². The molecule has 0 heterocycles. The molecule has 0 aliphatic rings. The van der Waals surface area contributed by atoms with Crippen LogP contribution < -0.4 is 11.1 Å². The van der Waals surface area contributed by atoms with Crippen molar-refractivity contribution in [2.24, 2.45) is 5.73 Å². The number of hydrogen-bond acceptors (Lipinski definition) is 2. The molecule has 0 amide bonds. The first-order valence-corrected chi connectivity index (χ1v) is 6.36. The second-order valence-corrected chi connectivity index (χ2v) is 4.71. The number of rotatable bonds is 4. The first kappa shape index (κ1) is 12.9. The summed E-state index contributed by atoms with van der Waals surface area (Å²) in [5.41, 5.74) is 9.07. The van der Waals surface area contributed by atoms with Crippen molar-refractivity contribution in [1.82, 2.24) is 0 Å². The van der Waals surface area contributed by atoms with Crippen LogP contribution in [0.4, 0.5) is 5.69 Å². The van der Waals surface area contributed by atoms with E-state index in [0.717, 1.165) is 16.3 Å². The van der Waals surface area contributed by atoms with Gasteiger partial charge in [-0.2, -0.15) is 0 Å². The maximum absolute atomic E-state index is 6.12. The van der Waals surface area contributed by atoms with Crippen molar-refractivity contribution < 1.29 is 0 Å². The number of nitrogens with one attached hydrogen (secondary N) is 1. The van der Waals surface area contributed by atoms with E-state index < -0.39 is 0 Å². The average Bonchev–Trinajstić information content (AvgIpc) is 2.41. The van der Waals surface area contributed by atoms with Crippen LogP contribution in [0.15, 0.2) is 48.5 Å². The van der Waals surface area contributed by atoms with Gasteiger partial charge in [-0.25, -0.2) is 0 Å². The van der Waals surface area contributed by atoms with Crippen molar-refractivity contribution in [2.75, 3.05) is 11.9 Å². The fourth-order valence-electron chi connectivity index (χ4n) is 1.85. The first-order chi connectivity index (χ1) is 8.70. The van der Waals surface area contributed by atoms with Gasteiger partial charge in [0.15, 0.2) is 0 Å². The molecule has 2 nitrogen and oxygen atoms in total. The average molecular weight is 261 g/mol. The molecule has 2 aromatic rings. The molecule has 3 heteroatoms. The van der Waals surface area contributed by atoms with Crippen molar-refractivity contribution in [3.63, 3.8) is 0 Å². The molecule has 1 atom stereocenters. The van der Waals surface area contributed by atoms with Crippen LogP contribution in [-0.4, -0.2) is 6.54 Å². The third-order valence-corrected chi connectivity index (χ3v) is 3.36. The van der Waals surface area contributed by atoms with Crippen LogP contribution in [0.2, 0.25) is 5.02 Å². The van der Waals surface area contributed by atoms with Crippen LogP contribution in [0.1, 0.15) is 17.2 Å². The third-order valence-electron chi connectivity index (χ3n) is 2.95. The molecular formula is C15H17ClN2. The standard InChI is InChI=1S/C15H17ClN2/c1-11-7-8-13(9-14(11)16)18-15(10-17)12-5-3-2-4-6-12/h2-9,15,18H,10,17H2,1H3. The largest absolute Gasteiger partial charge is 0.377 e. The third kappa shape index (κ3) is 3.03. The lowest BCUT2D eigenvalue weighted by molar-refractivity contribution is 0.790. The minimum atomic E-state index is 0.102. The van der Waals surface area contributed by atoms with E-state index in [0.29, 0.717) is 6.54 Å². The summed E-state index contributed by atoms with van der Waals surface area (Å²) in [6.45, 7) is 2.53. The summed E-state index contributed by atoms with van der Waals surface area (Å²) in [7, 11) is 0. The van der Waals surface area contributed by atoms with E-state index in [4.69, 9.17) is 17.3 Å². The lowest BCUT2D eigenvalue weighted by atomic mass is 10.1. The second kappa shape index (κ2) is 5.89. The topological polar surface area (TPSA) is 38.0 Å². The number of halogens is 1. The predicted molar refractivity (Wildman–Crippen MR) is 78.0 cm³/mol. The number of anilines is 1. The maximum Gasteiger partial charge on any atom is 0.0636 e. The maximum atomic E-state index is 6.12. The van der Waals surface area contributed by atoms with Crippen molar-refractivity contribution in [1.29, 1.82) is 0 Å². The summed E-state index contributed by atoms with van der Waals surface area (Å²) in [5.74, 6) is 0. The summed E-state index contributed by atoms with van der Waals surface area (Å²) in [6.07, 6.45) is 0. The van der Waals surface area contributed by atoms with Crippen molar-refractivity contribution in [2.45, 2.75) is 13.0 Å². The van der Waals surface area contributed by atoms with Gasteiger partial charge in [0.05, 0.1) is 6.04 Å². The molecule has 0 aromatic heterocycles. The van der Waals surface area contributed by atoms with Gasteiger partial charge >= 0.3 is 0 Å². The smallest absolute Gasteiger partial charge is 0.0636 e. The Morgan fingerprint density at radius 2 is 1.89 bits per heavy atom. The highest BCUT2D eigenvalue weighted by molar-refractivity contribution is 6.31. The quantitative estimate of drug-likeness (QED) is 0.878. The number of aryl methyl sites for hydroxylation is 1. The lowest BCUT2D eigenvalue weighted by Crippen LogP contribution is -2.20. The Kier molecular flexibility index (Phi) is 4.24. The fraction of sp³-hybridized carbons (Fsp3) is 0.200. The van der Waals surface area contributed by atoms with Gasteiger partial charge in [-0.1, -0.05) is 48.0 Å². The molecule has 18 heavy (non-hydrogen) atoms. The minimum Gasteiger partial charge on any atom is -0.377 e. The molecule has 2 rings (SSSR count). The zero-order valence-electron chi connectivity index (χ0n) is 10.4. The van der Waals surface area contributed by atoms with Crippen LogP contribution in [-0.2, 0) is 0 Å². The summed E-state index contributed by atoms with van der Waals surface area (Å²) in [5, 5.41) is 4.17. The Hall–Kier alpha value is -1.51. The van der Waals surface area contributed by atoms with Gasteiger partial charge in [-0.15, -0.1) is 0 Å². The predicted octanol–water partition coefficient (Wildman–Crippen LogP) is 3.76. The molecule has 1 unspecified atom stereocenters. The van der Waals surface area contributed by atoms with Gasteiger partial charge in [0.1, 0.15) is 0 Å². The Labute approximate surface area is 113 Å². The molecular weight excluding hydrogens is 244 g/mol. The molecule has 0 bridgehead atoms. The number of nitrogens with two attached hydrogens (primary N) is 1. The van der Waals surface area contributed by atoms with Gasteiger partial charge in [0.2, 0.25) is 0 Å². The summed E-state index contributed by atoms with van der Waals surface area (Å²) < 4.78 is 0. The first-order valence-electron chi connectivity index (χ1n) is 5.98. The van der Waals surface area contributed by atoms with E-state index in [1.54, 1.807) is 0 Å². The number of hydrogen-bond donors (Lipinski definition) is 2. The van der Waals surface area contributed by atoms with Crippen LogP contribution in [0.3, 0.4) is 0 Å². The molecule has 0 aliphatic carbocycles. The highest BCUT2D eigenvalue weighted by atomic mass is 35.5. The van der Waals surface area contributed by atoms with Gasteiger partial charge in [0.25, 0.3) is 0 Å². The fourth-order valence-corrected chi connectivity index (χ4v) is 2.03. The van der Waals surface area contributed by atoms with Crippen molar-refractivity contribution >= 4 is 17.3 Å². The zero-order valence-corrected chi connectivity index (χ0v) is 11.1. The van der Waals surface area contributed by atoms with Crippen molar-refractivity contribution in [3.8, 4) is 0 Å². The Balaban J connectivity index is 2.18. The van der Waals surface area contributed by atoms with Crippen LogP contribution >= 0.6 is 11.6 Å². The van der Waals surface area contributed by atoms with Crippen LogP contribution in [0, 0.1) is 6.92 Å². The Bertz CT molecular complexity index is 511. The zero-order chi connectivity index (χ0) is 13.0. The van der Waals surface area contributed by atoms with Gasteiger partial charge in [0, 0.05) is 17.3 Å². The second-order valence-electron chi connectivity index (χ2n) is 4.31. The van der Waals surface area contributed by atoms with E-state index in [-0.39, 0.29) is 6.04 Å². The SMILES string of the molecule is Cc1ccc(NC(CN)c2ccccc2)cc1Cl. The lowest BCUT2D eigenvalue weighted by Gasteiger charge is -2.19. The molecule has 0 aliphatic heterocycles. The molecule has 0 fully saturated rings. The molecule has 0 saturated heterocycles. The molecule has 0 radical (unpaired) electrons.